The van der Waals surface area contributed by atoms with E-state index in [9.17, 15) is 29.7 Å². The van der Waals surface area contributed by atoms with Crippen LogP contribution in [0.2, 0.25) is 0 Å². The van der Waals surface area contributed by atoms with Gasteiger partial charge in [0.1, 0.15) is 5.75 Å². The van der Waals surface area contributed by atoms with Gasteiger partial charge in [-0.15, -0.1) is 0 Å². The monoisotopic (exact) mass is 336 g/mol. The van der Waals surface area contributed by atoms with Crippen molar-refractivity contribution in [2.45, 2.75) is 39.7 Å². The Balaban J connectivity index is 3.93. The molecule has 0 bridgehead atoms. The summed E-state index contributed by atoms with van der Waals surface area (Å²) in [4.78, 5) is 34.9. The summed E-state index contributed by atoms with van der Waals surface area (Å²) in [5.74, 6) is -3.64. The van der Waals surface area contributed by atoms with Crippen LogP contribution in [-0.2, 0) is 17.6 Å². The lowest BCUT2D eigenvalue weighted by atomic mass is 9.87. The minimum absolute atomic E-state index is 0.000417. The number of ether oxygens (including phenoxy) is 1. The number of esters is 1. The molecule has 0 radical (unpaired) electrons. The summed E-state index contributed by atoms with van der Waals surface area (Å²) in [6, 6.07) is 0. The van der Waals surface area contributed by atoms with Gasteiger partial charge in [-0.25, -0.2) is 14.4 Å². The molecule has 0 fully saturated rings. The normalized spacial score (nSPS) is 11.7. The quantitative estimate of drug-likeness (QED) is 0.395. The number of carbonyl (C=O) groups is 3. The van der Waals surface area contributed by atoms with Crippen LogP contribution in [-0.4, -0.2) is 39.3 Å². The van der Waals surface area contributed by atoms with Crippen LogP contribution in [0.25, 0.3) is 0 Å². The fourth-order valence-electron chi connectivity index (χ4n) is 2.64. The number of aliphatic hydroxyl groups excluding tert-OH is 1. The Kier molecular flexibility index (Phi) is 6.25. The van der Waals surface area contributed by atoms with Crippen molar-refractivity contribution >= 4 is 17.9 Å². The van der Waals surface area contributed by atoms with Gasteiger partial charge in [-0.05, 0) is 37.8 Å². The predicted octanol–water partition coefficient (Wildman–Crippen LogP) is 1.97. The van der Waals surface area contributed by atoms with Crippen molar-refractivity contribution < 1.29 is 34.4 Å². The summed E-state index contributed by atoms with van der Waals surface area (Å²) in [7, 11) is 0. The standard InChI is InChI=1S/C17H20O7/c1-5-10-11(7-8(3)18)14(17(22)23)13(16(20)21)9(4)15(10)24-12(19)6-2/h6,8,18H,2,5,7H2,1,3-4H3,(H,20,21)(H,22,23). The molecule has 0 saturated carbocycles. The fourth-order valence-corrected chi connectivity index (χ4v) is 2.64. The molecule has 0 saturated heterocycles. The molecule has 3 N–H and O–H groups in total. The molecule has 1 unspecified atom stereocenters. The molecule has 0 spiro atoms. The number of carboxylic acid groups (broad SMARTS) is 2. The number of hydrogen-bond acceptors (Lipinski definition) is 5. The third-order valence-electron chi connectivity index (χ3n) is 3.56. The molecule has 7 heteroatoms. The first-order valence-corrected chi connectivity index (χ1v) is 7.32. The van der Waals surface area contributed by atoms with Crippen LogP contribution in [0.3, 0.4) is 0 Å². The Hall–Kier alpha value is -2.67. The Morgan fingerprint density at radius 2 is 1.71 bits per heavy atom. The van der Waals surface area contributed by atoms with E-state index in [1.165, 1.54) is 13.8 Å². The molecule has 1 rings (SSSR count). The van der Waals surface area contributed by atoms with Gasteiger partial charge in [0.2, 0.25) is 0 Å². The van der Waals surface area contributed by atoms with E-state index in [4.69, 9.17) is 4.74 Å². The molecular weight excluding hydrogens is 316 g/mol. The average Bonchev–Trinajstić information content (AvgIpc) is 2.48. The van der Waals surface area contributed by atoms with E-state index < -0.39 is 35.1 Å². The summed E-state index contributed by atoms with van der Waals surface area (Å²) in [5.41, 5.74) is -0.277. The van der Waals surface area contributed by atoms with E-state index in [0.717, 1.165) is 6.08 Å². The second kappa shape index (κ2) is 7.74. The molecule has 0 heterocycles. The summed E-state index contributed by atoms with van der Waals surface area (Å²) in [6.07, 6.45) is 0.242. The Morgan fingerprint density at radius 1 is 1.17 bits per heavy atom. The zero-order valence-corrected chi connectivity index (χ0v) is 13.8. The molecule has 0 amide bonds. The molecule has 0 aliphatic carbocycles. The lowest BCUT2D eigenvalue weighted by Gasteiger charge is -2.21. The second-order valence-corrected chi connectivity index (χ2v) is 5.30. The van der Waals surface area contributed by atoms with E-state index in [2.05, 4.69) is 6.58 Å². The lowest BCUT2D eigenvalue weighted by Crippen LogP contribution is -2.21. The highest BCUT2D eigenvalue weighted by atomic mass is 16.5. The van der Waals surface area contributed by atoms with Gasteiger partial charge in [-0.2, -0.15) is 0 Å². The molecule has 130 valence electrons. The van der Waals surface area contributed by atoms with Crippen LogP contribution < -0.4 is 4.74 Å². The van der Waals surface area contributed by atoms with Gasteiger partial charge in [0.15, 0.2) is 0 Å². The number of carbonyl (C=O) groups excluding carboxylic acids is 1. The van der Waals surface area contributed by atoms with Crippen molar-refractivity contribution in [3.05, 3.63) is 40.5 Å². The first-order chi connectivity index (χ1) is 11.1. The Morgan fingerprint density at radius 3 is 2.08 bits per heavy atom. The molecule has 0 aliphatic rings. The SMILES string of the molecule is C=CC(=O)Oc1c(C)c(C(=O)O)c(C(=O)O)c(CC(C)O)c1CC. The van der Waals surface area contributed by atoms with Crippen LogP contribution in [0, 0.1) is 6.92 Å². The van der Waals surface area contributed by atoms with Crippen LogP contribution in [0.4, 0.5) is 0 Å². The van der Waals surface area contributed by atoms with E-state index in [1.807, 2.05) is 0 Å². The zero-order valence-electron chi connectivity index (χ0n) is 13.8. The third kappa shape index (κ3) is 3.80. The second-order valence-electron chi connectivity index (χ2n) is 5.30. The molecule has 24 heavy (non-hydrogen) atoms. The van der Waals surface area contributed by atoms with E-state index in [-0.39, 0.29) is 23.3 Å². The first-order valence-electron chi connectivity index (χ1n) is 7.32. The Labute approximate surface area is 139 Å². The van der Waals surface area contributed by atoms with Crippen LogP contribution in [0.1, 0.15) is 51.3 Å². The maximum atomic E-state index is 11.7. The minimum Gasteiger partial charge on any atom is -0.478 e. The van der Waals surface area contributed by atoms with Crippen molar-refractivity contribution in [3.8, 4) is 5.75 Å². The number of hydrogen-bond donors (Lipinski definition) is 3. The number of aliphatic hydroxyl groups is 1. The summed E-state index contributed by atoms with van der Waals surface area (Å²) in [6.45, 7) is 7.85. The van der Waals surface area contributed by atoms with Crippen molar-refractivity contribution in [1.29, 1.82) is 0 Å². The lowest BCUT2D eigenvalue weighted by molar-refractivity contribution is -0.129. The first kappa shape index (κ1) is 19.4. The number of rotatable bonds is 7. The van der Waals surface area contributed by atoms with Gasteiger partial charge >= 0.3 is 17.9 Å². The minimum atomic E-state index is -1.45. The summed E-state index contributed by atoms with van der Waals surface area (Å²) < 4.78 is 5.17. The average molecular weight is 336 g/mol. The highest BCUT2D eigenvalue weighted by Gasteiger charge is 2.30. The predicted molar refractivity (Wildman–Crippen MR) is 85.7 cm³/mol. The Bertz CT molecular complexity index is 702. The highest BCUT2D eigenvalue weighted by Crippen LogP contribution is 2.35. The molecule has 1 aromatic carbocycles. The van der Waals surface area contributed by atoms with Crippen LogP contribution >= 0.6 is 0 Å². The third-order valence-corrected chi connectivity index (χ3v) is 3.56. The molecule has 1 aromatic rings. The molecule has 7 nitrogen and oxygen atoms in total. The van der Waals surface area contributed by atoms with Gasteiger partial charge < -0.3 is 20.1 Å². The maximum absolute atomic E-state index is 11.7. The smallest absolute Gasteiger partial charge is 0.336 e. The van der Waals surface area contributed by atoms with Gasteiger partial charge in [0, 0.05) is 11.6 Å². The zero-order chi connectivity index (χ0) is 18.6. The van der Waals surface area contributed by atoms with Crippen molar-refractivity contribution in [2.24, 2.45) is 0 Å². The van der Waals surface area contributed by atoms with Crippen LogP contribution in [0.5, 0.6) is 5.75 Å². The van der Waals surface area contributed by atoms with Gasteiger partial charge in [0.05, 0.1) is 17.2 Å². The van der Waals surface area contributed by atoms with Gasteiger partial charge in [-0.1, -0.05) is 13.5 Å². The van der Waals surface area contributed by atoms with Gasteiger partial charge in [-0.3, -0.25) is 0 Å². The van der Waals surface area contributed by atoms with Crippen LogP contribution in [0.15, 0.2) is 12.7 Å². The topological polar surface area (TPSA) is 121 Å². The summed E-state index contributed by atoms with van der Waals surface area (Å²) >= 11 is 0. The van der Waals surface area contributed by atoms with E-state index in [1.54, 1.807) is 6.92 Å². The van der Waals surface area contributed by atoms with E-state index >= 15 is 0 Å². The van der Waals surface area contributed by atoms with Crippen molar-refractivity contribution in [2.75, 3.05) is 0 Å². The maximum Gasteiger partial charge on any atom is 0.336 e. The summed E-state index contributed by atoms with van der Waals surface area (Å²) in [5, 5.41) is 28.6. The number of benzene rings is 1. The number of aromatic carboxylic acids is 2. The molecular formula is C17H20O7. The largest absolute Gasteiger partial charge is 0.478 e. The number of carboxylic acids is 2. The van der Waals surface area contributed by atoms with E-state index in [0.29, 0.717) is 12.0 Å². The molecule has 1 atom stereocenters. The van der Waals surface area contributed by atoms with Gasteiger partial charge in [0.25, 0.3) is 0 Å². The molecule has 0 aliphatic heterocycles. The highest BCUT2D eigenvalue weighted by molar-refractivity contribution is 6.05. The van der Waals surface area contributed by atoms with Crippen molar-refractivity contribution in [1.82, 2.24) is 0 Å². The molecule has 0 aromatic heterocycles. The fraction of sp³-hybridized carbons (Fsp3) is 0.353. The van der Waals surface area contributed by atoms with Crippen molar-refractivity contribution in [3.63, 3.8) is 0 Å².